The highest BCUT2D eigenvalue weighted by atomic mass is 16.3. The number of hydrogen-bond acceptors (Lipinski definition) is 1. The van der Waals surface area contributed by atoms with Crippen LogP contribution in [0.5, 0.6) is 0 Å². The third-order valence-corrected chi connectivity index (χ3v) is 2.16. The fourth-order valence-electron chi connectivity index (χ4n) is 1.42. The van der Waals surface area contributed by atoms with E-state index in [0.29, 0.717) is 0 Å². The minimum atomic E-state index is -0.635. The van der Waals surface area contributed by atoms with Crippen LogP contribution in [0.4, 0.5) is 0 Å². The van der Waals surface area contributed by atoms with Gasteiger partial charge in [0.2, 0.25) is 0 Å². The molecule has 0 heterocycles. The van der Waals surface area contributed by atoms with Crippen LogP contribution < -0.4 is 0 Å². The first-order chi connectivity index (χ1) is 6.27. The predicted molar refractivity (Wildman–Crippen MR) is 54.3 cm³/mol. The molecule has 2 aromatic rings. The monoisotopic (exact) mass is 171 g/mol. The second-order valence-corrected chi connectivity index (χ2v) is 3.12. The third-order valence-electron chi connectivity index (χ3n) is 2.16. The lowest BCUT2D eigenvalue weighted by Gasteiger charge is -2.05. The Bertz CT molecular complexity index is 418. The molecule has 1 heteroatoms. The van der Waals surface area contributed by atoms with E-state index in [2.05, 4.69) is 13.0 Å². The van der Waals surface area contributed by atoms with E-state index in [1.807, 2.05) is 36.4 Å². The summed E-state index contributed by atoms with van der Waals surface area (Å²) < 4.78 is 0. The summed E-state index contributed by atoms with van der Waals surface area (Å²) >= 11 is 0. The highest BCUT2D eigenvalue weighted by molar-refractivity contribution is 5.83. The van der Waals surface area contributed by atoms with Crippen molar-refractivity contribution in [2.75, 3.05) is 0 Å². The van der Waals surface area contributed by atoms with Crippen LogP contribution in [0.25, 0.3) is 10.8 Å². The number of fused-ring (bicyclic) bond motifs is 1. The molecule has 2 aromatic carbocycles. The summed E-state index contributed by atoms with van der Waals surface area (Å²) in [4.78, 5) is 0. The topological polar surface area (TPSA) is 20.2 Å². The van der Waals surface area contributed by atoms with Gasteiger partial charge < -0.3 is 5.11 Å². The van der Waals surface area contributed by atoms with Gasteiger partial charge in [-0.1, -0.05) is 36.4 Å². The first-order valence-electron chi connectivity index (χ1n) is 4.27. The Kier molecular flexibility index (Phi) is 2.03. The Morgan fingerprint density at radius 2 is 1.69 bits per heavy atom. The van der Waals surface area contributed by atoms with Gasteiger partial charge in [0.15, 0.2) is 0 Å². The lowest BCUT2D eigenvalue weighted by Crippen LogP contribution is -1.90. The summed E-state index contributed by atoms with van der Waals surface area (Å²) in [5, 5.41) is 11.6. The number of rotatable bonds is 1. The average molecular weight is 171 g/mol. The van der Waals surface area contributed by atoms with E-state index in [9.17, 15) is 5.11 Å². The Hall–Kier alpha value is -1.34. The van der Waals surface area contributed by atoms with Crippen LogP contribution in [0.3, 0.4) is 0 Å². The molecule has 0 spiro atoms. The smallest absolute Gasteiger partial charge is 0.0791 e. The molecule has 0 aliphatic heterocycles. The molecule has 1 atom stereocenters. The van der Waals surface area contributed by atoms with Gasteiger partial charge >= 0.3 is 0 Å². The minimum absolute atomic E-state index is 0.635. The van der Waals surface area contributed by atoms with Crippen molar-refractivity contribution >= 4 is 10.8 Å². The molecule has 0 bridgehead atoms. The van der Waals surface area contributed by atoms with Crippen molar-refractivity contribution in [1.29, 1.82) is 0 Å². The van der Waals surface area contributed by atoms with Crippen LogP contribution >= 0.6 is 0 Å². The van der Waals surface area contributed by atoms with Crippen molar-refractivity contribution in [3.8, 4) is 0 Å². The van der Waals surface area contributed by atoms with Gasteiger partial charge in [0, 0.05) is 0 Å². The third kappa shape index (κ3) is 1.56. The van der Waals surface area contributed by atoms with Crippen molar-refractivity contribution in [3.63, 3.8) is 0 Å². The van der Waals surface area contributed by atoms with Crippen molar-refractivity contribution in [3.05, 3.63) is 55.0 Å². The van der Waals surface area contributed by atoms with Gasteiger partial charge in [-0.3, -0.25) is 0 Å². The van der Waals surface area contributed by atoms with Crippen molar-refractivity contribution < 1.29 is 5.11 Å². The number of aliphatic hydroxyl groups excluding tert-OH is 1. The number of benzene rings is 2. The fraction of sp³-hybridized carbons (Fsp3) is 0.0833. The second-order valence-electron chi connectivity index (χ2n) is 3.12. The molecule has 1 nitrogen and oxygen atoms in total. The molecular weight excluding hydrogens is 160 g/mol. The zero-order valence-corrected chi connectivity index (χ0v) is 7.27. The Morgan fingerprint density at radius 3 is 2.38 bits per heavy atom. The fourth-order valence-corrected chi connectivity index (χ4v) is 1.42. The lowest BCUT2D eigenvalue weighted by atomic mass is 10.0. The van der Waals surface area contributed by atoms with Gasteiger partial charge in [0.05, 0.1) is 6.10 Å². The molecular formula is C12H11O. The molecule has 1 radical (unpaired) electrons. The summed E-state index contributed by atoms with van der Waals surface area (Å²) in [6.45, 7) is 3.57. The van der Waals surface area contributed by atoms with Crippen molar-refractivity contribution in [2.24, 2.45) is 0 Å². The maximum atomic E-state index is 9.27. The minimum Gasteiger partial charge on any atom is -0.388 e. The van der Waals surface area contributed by atoms with Crippen molar-refractivity contribution in [2.45, 2.75) is 6.10 Å². The van der Waals surface area contributed by atoms with Crippen LogP contribution in [-0.2, 0) is 0 Å². The van der Waals surface area contributed by atoms with E-state index in [1.54, 1.807) is 0 Å². The van der Waals surface area contributed by atoms with E-state index in [1.165, 1.54) is 5.39 Å². The molecule has 0 aromatic heterocycles. The summed E-state index contributed by atoms with van der Waals surface area (Å²) in [5.41, 5.74) is 0.860. The summed E-state index contributed by atoms with van der Waals surface area (Å²) in [6, 6.07) is 13.9. The first kappa shape index (κ1) is 8.27. The van der Waals surface area contributed by atoms with Gasteiger partial charge in [-0.25, -0.2) is 0 Å². The molecule has 0 saturated heterocycles. The second kappa shape index (κ2) is 3.19. The molecule has 65 valence electrons. The van der Waals surface area contributed by atoms with Gasteiger partial charge in [-0.05, 0) is 29.3 Å². The maximum Gasteiger partial charge on any atom is 0.0791 e. The van der Waals surface area contributed by atoms with E-state index in [4.69, 9.17) is 0 Å². The largest absolute Gasteiger partial charge is 0.388 e. The van der Waals surface area contributed by atoms with Crippen molar-refractivity contribution in [1.82, 2.24) is 0 Å². The highest BCUT2D eigenvalue weighted by Gasteiger charge is 2.00. The quantitative estimate of drug-likeness (QED) is 0.699. The summed E-state index contributed by atoms with van der Waals surface area (Å²) in [7, 11) is 0. The summed E-state index contributed by atoms with van der Waals surface area (Å²) in [6.07, 6.45) is -0.635. The van der Waals surface area contributed by atoms with Gasteiger partial charge in [-0.15, -0.1) is 0 Å². The molecule has 0 aliphatic rings. The molecule has 0 fully saturated rings. The Morgan fingerprint density at radius 1 is 1.00 bits per heavy atom. The van der Waals surface area contributed by atoms with E-state index >= 15 is 0 Å². The van der Waals surface area contributed by atoms with Crippen LogP contribution in [0.2, 0.25) is 0 Å². The number of aliphatic hydroxyl groups is 1. The molecule has 1 unspecified atom stereocenters. The van der Waals surface area contributed by atoms with E-state index < -0.39 is 6.10 Å². The summed E-state index contributed by atoms with van der Waals surface area (Å²) in [5.74, 6) is 0. The normalized spacial score (nSPS) is 13.1. The van der Waals surface area contributed by atoms with Gasteiger partial charge in [0.1, 0.15) is 0 Å². The standard InChI is InChI=1S/C12H11O/c1-9(13)11-7-6-10-4-2-3-5-12(10)8-11/h2-9,13H,1H2. The molecule has 0 amide bonds. The predicted octanol–water partition coefficient (Wildman–Crippen LogP) is 2.71. The van der Waals surface area contributed by atoms with Crippen LogP contribution in [0.1, 0.15) is 11.7 Å². The molecule has 13 heavy (non-hydrogen) atoms. The average Bonchev–Trinajstić information content (AvgIpc) is 2.17. The van der Waals surface area contributed by atoms with Crippen LogP contribution in [0.15, 0.2) is 42.5 Å². The Balaban J connectivity index is 2.62. The van der Waals surface area contributed by atoms with Crippen LogP contribution in [-0.4, -0.2) is 5.11 Å². The van der Waals surface area contributed by atoms with E-state index in [-0.39, 0.29) is 0 Å². The van der Waals surface area contributed by atoms with Gasteiger partial charge in [-0.2, -0.15) is 0 Å². The van der Waals surface area contributed by atoms with Crippen LogP contribution in [0, 0.1) is 6.92 Å². The van der Waals surface area contributed by atoms with Gasteiger partial charge in [0.25, 0.3) is 0 Å². The molecule has 2 rings (SSSR count). The SMILES string of the molecule is [CH2]C(O)c1ccc2ccccc2c1. The zero-order valence-electron chi connectivity index (χ0n) is 7.27. The molecule has 1 N–H and O–H groups in total. The highest BCUT2D eigenvalue weighted by Crippen LogP contribution is 2.19. The van der Waals surface area contributed by atoms with E-state index in [0.717, 1.165) is 10.9 Å². The molecule has 0 aliphatic carbocycles. The lowest BCUT2D eigenvalue weighted by molar-refractivity contribution is 0.226. The Labute approximate surface area is 77.6 Å². The number of hydrogen-bond donors (Lipinski definition) is 1. The molecule has 0 saturated carbocycles. The zero-order chi connectivity index (χ0) is 9.26. The maximum absolute atomic E-state index is 9.27. The first-order valence-corrected chi connectivity index (χ1v) is 4.27.